The van der Waals surface area contributed by atoms with Crippen LogP contribution in [0.4, 0.5) is 5.69 Å². The Balaban J connectivity index is 1.77. The molecule has 0 amide bonds. The lowest BCUT2D eigenvalue weighted by atomic mass is 9.79. The van der Waals surface area contributed by atoms with E-state index in [2.05, 4.69) is 0 Å². The molecule has 0 aliphatic carbocycles. The molecule has 0 aromatic heterocycles. The lowest BCUT2D eigenvalue weighted by molar-refractivity contribution is -0.136. The highest BCUT2D eigenvalue weighted by atomic mass is 16.7. The molecule has 32 heavy (non-hydrogen) atoms. The number of methoxy groups -OCH3 is 2. The Bertz CT molecular complexity index is 1100. The van der Waals surface area contributed by atoms with Crippen LogP contribution in [0.25, 0.3) is 0 Å². The second kappa shape index (κ2) is 7.92. The zero-order valence-corrected chi connectivity index (χ0v) is 17.7. The van der Waals surface area contributed by atoms with Crippen LogP contribution in [0, 0.1) is 0 Å². The third-order valence-electron chi connectivity index (χ3n) is 6.01. The molecule has 3 aliphatic heterocycles. The zero-order valence-electron chi connectivity index (χ0n) is 17.7. The molecule has 2 aromatic rings. The highest BCUT2D eigenvalue weighted by Gasteiger charge is 2.43. The van der Waals surface area contributed by atoms with Gasteiger partial charge in [-0.3, -0.25) is 0 Å². The molecule has 3 aliphatic rings. The Morgan fingerprint density at radius 3 is 2.53 bits per heavy atom. The maximum absolute atomic E-state index is 12.9. The first-order valence-electron chi connectivity index (χ1n) is 10.2. The first-order chi connectivity index (χ1) is 15.6. The van der Waals surface area contributed by atoms with E-state index in [1.54, 1.807) is 12.1 Å². The predicted octanol–water partition coefficient (Wildman–Crippen LogP) is 1.68. The van der Waals surface area contributed by atoms with Gasteiger partial charge in [0.2, 0.25) is 6.79 Å². The normalized spacial score (nSPS) is 18.4. The number of β-amino-alcohol motifs (C(OH)–C–C–N with tert-alkyl or cyclic N) is 1. The minimum atomic E-state index is -0.496. The molecular formula is C23H23NO8. The van der Waals surface area contributed by atoms with Gasteiger partial charge < -0.3 is 38.8 Å². The Morgan fingerprint density at radius 1 is 1.06 bits per heavy atom. The van der Waals surface area contributed by atoms with E-state index in [1.165, 1.54) is 14.2 Å². The molecule has 3 heterocycles. The molecule has 0 saturated carbocycles. The van der Waals surface area contributed by atoms with Crippen LogP contribution in [0.15, 0.2) is 35.5 Å². The Kier molecular flexibility index (Phi) is 5.07. The number of aliphatic hydroxyl groups is 2. The summed E-state index contributed by atoms with van der Waals surface area (Å²) in [4.78, 5) is 14.8. The SMILES string of the molecule is COc1cc(C2C3=C(COC3=O)N(CCO)c3cc4c(cc32)OCO4)cc(CO)c1OC. The van der Waals surface area contributed by atoms with Gasteiger partial charge in [0, 0.05) is 29.8 Å². The molecule has 0 fully saturated rings. The Labute approximate surface area is 184 Å². The number of carbonyl (C=O) groups is 1. The standard InChI is InChI=1S/C23H23NO8/c1-28-19-6-12(5-13(9-26)22(19)29-2)20-14-7-17-18(32-11-31-17)8-15(14)24(3-4-25)16-10-30-23(27)21(16)20/h5-8,20,25-26H,3-4,9-11H2,1-2H3. The van der Waals surface area contributed by atoms with Crippen molar-refractivity contribution in [2.75, 3.05) is 45.7 Å². The van der Waals surface area contributed by atoms with Gasteiger partial charge in [-0.05, 0) is 29.3 Å². The summed E-state index contributed by atoms with van der Waals surface area (Å²) in [5.41, 5.74) is 4.06. The van der Waals surface area contributed by atoms with Crippen molar-refractivity contribution in [3.8, 4) is 23.0 Å². The van der Waals surface area contributed by atoms with Crippen LogP contribution in [-0.2, 0) is 16.1 Å². The van der Waals surface area contributed by atoms with E-state index in [9.17, 15) is 15.0 Å². The number of rotatable bonds is 6. The summed E-state index contributed by atoms with van der Waals surface area (Å²) >= 11 is 0. The number of hydrogen-bond acceptors (Lipinski definition) is 9. The summed E-state index contributed by atoms with van der Waals surface area (Å²) in [5.74, 6) is 1.15. The molecule has 2 aromatic carbocycles. The van der Waals surface area contributed by atoms with Gasteiger partial charge in [-0.2, -0.15) is 0 Å². The number of esters is 1. The van der Waals surface area contributed by atoms with Crippen molar-refractivity contribution in [2.45, 2.75) is 12.5 Å². The number of nitrogens with zero attached hydrogens (tertiary/aromatic N) is 1. The van der Waals surface area contributed by atoms with Gasteiger partial charge >= 0.3 is 5.97 Å². The minimum absolute atomic E-state index is 0.103. The van der Waals surface area contributed by atoms with Crippen molar-refractivity contribution >= 4 is 11.7 Å². The predicted molar refractivity (Wildman–Crippen MR) is 112 cm³/mol. The molecule has 2 N–H and O–H groups in total. The largest absolute Gasteiger partial charge is 0.493 e. The Hall–Kier alpha value is -3.43. The van der Waals surface area contributed by atoms with E-state index in [4.69, 9.17) is 23.7 Å². The van der Waals surface area contributed by atoms with Gasteiger partial charge in [-0.25, -0.2) is 4.79 Å². The molecule has 0 radical (unpaired) electrons. The third kappa shape index (κ3) is 2.96. The maximum atomic E-state index is 12.9. The summed E-state index contributed by atoms with van der Waals surface area (Å²) in [6, 6.07) is 7.32. The van der Waals surface area contributed by atoms with Gasteiger partial charge in [-0.1, -0.05) is 0 Å². The molecule has 0 saturated heterocycles. The highest BCUT2D eigenvalue weighted by Crippen LogP contribution is 2.52. The molecule has 0 bridgehead atoms. The van der Waals surface area contributed by atoms with Crippen molar-refractivity contribution in [1.82, 2.24) is 0 Å². The van der Waals surface area contributed by atoms with Gasteiger partial charge in [-0.15, -0.1) is 0 Å². The van der Waals surface area contributed by atoms with Gasteiger partial charge in [0.05, 0.1) is 38.7 Å². The molecule has 9 heteroatoms. The fraction of sp³-hybridized carbons (Fsp3) is 0.348. The van der Waals surface area contributed by atoms with Crippen molar-refractivity contribution < 1.29 is 38.7 Å². The van der Waals surface area contributed by atoms with Crippen LogP contribution >= 0.6 is 0 Å². The van der Waals surface area contributed by atoms with Crippen molar-refractivity contribution in [3.63, 3.8) is 0 Å². The number of carbonyl (C=O) groups excluding carboxylic acids is 1. The average molecular weight is 441 g/mol. The fourth-order valence-corrected chi connectivity index (χ4v) is 4.68. The summed E-state index contributed by atoms with van der Waals surface area (Å²) in [6.07, 6.45) is 0. The van der Waals surface area contributed by atoms with Crippen LogP contribution in [0.2, 0.25) is 0 Å². The monoisotopic (exact) mass is 441 g/mol. The van der Waals surface area contributed by atoms with Crippen LogP contribution in [0.5, 0.6) is 23.0 Å². The molecule has 9 nitrogen and oxygen atoms in total. The molecule has 1 atom stereocenters. The lowest BCUT2D eigenvalue weighted by Crippen LogP contribution is -2.33. The molecule has 0 spiro atoms. The van der Waals surface area contributed by atoms with Crippen LogP contribution in [-0.4, -0.2) is 57.0 Å². The summed E-state index contributed by atoms with van der Waals surface area (Å²) in [6.45, 7) is 0.153. The molecule has 1 unspecified atom stereocenters. The number of fused-ring (bicyclic) bond motifs is 2. The molecule has 168 valence electrons. The summed E-state index contributed by atoms with van der Waals surface area (Å²) < 4.78 is 27.5. The first kappa shape index (κ1) is 20.5. The van der Waals surface area contributed by atoms with E-state index >= 15 is 0 Å². The number of hydrogen-bond donors (Lipinski definition) is 2. The van der Waals surface area contributed by atoms with Crippen molar-refractivity contribution in [2.24, 2.45) is 0 Å². The van der Waals surface area contributed by atoms with Crippen molar-refractivity contribution in [3.05, 3.63) is 52.2 Å². The second-order valence-corrected chi connectivity index (χ2v) is 7.58. The van der Waals surface area contributed by atoms with Crippen LogP contribution in [0.1, 0.15) is 22.6 Å². The zero-order chi connectivity index (χ0) is 22.4. The number of benzene rings is 2. The molecular weight excluding hydrogens is 418 g/mol. The van der Waals surface area contributed by atoms with Crippen LogP contribution in [0.3, 0.4) is 0 Å². The van der Waals surface area contributed by atoms with Gasteiger partial charge in [0.15, 0.2) is 23.0 Å². The third-order valence-corrected chi connectivity index (χ3v) is 6.01. The smallest absolute Gasteiger partial charge is 0.337 e. The number of ether oxygens (including phenoxy) is 5. The second-order valence-electron chi connectivity index (χ2n) is 7.58. The molecule has 5 rings (SSSR count). The fourth-order valence-electron chi connectivity index (χ4n) is 4.68. The number of cyclic esters (lactones) is 1. The number of anilines is 1. The number of aliphatic hydroxyl groups excluding tert-OH is 2. The van der Waals surface area contributed by atoms with E-state index in [0.717, 1.165) is 16.8 Å². The van der Waals surface area contributed by atoms with Gasteiger partial charge in [0.1, 0.15) is 6.61 Å². The lowest BCUT2D eigenvalue weighted by Gasteiger charge is -2.35. The summed E-state index contributed by atoms with van der Waals surface area (Å²) in [5, 5.41) is 19.7. The van der Waals surface area contributed by atoms with E-state index in [0.29, 0.717) is 46.4 Å². The quantitative estimate of drug-likeness (QED) is 0.648. The topological polar surface area (TPSA) is 107 Å². The maximum Gasteiger partial charge on any atom is 0.337 e. The van der Waals surface area contributed by atoms with E-state index in [1.807, 2.05) is 17.0 Å². The average Bonchev–Trinajstić information content (AvgIpc) is 3.43. The first-order valence-corrected chi connectivity index (χ1v) is 10.2. The van der Waals surface area contributed by atoms with Gasteiger partial charge in [0.25, 0.3) is 0 Å². The summed E-state index contributed by atoms with van der Waals surface area (Å²) in [7, 11) is 3.03. The van der Waals surface area contributed by atoms with Crippen molar-refractivity contribution in [1.29, 1.82) is 0 Å². The Morgan fingerprint density at radius 2 is 1.84 bits per heavy atom. The van der Waals surface area contributed by atoms with E-state index < -0.39 is 11.9 Å². The minimum Gasteiger partial charge on any atom is -0.493 e. The van der Waals surface area contributed by atoms with E-state index in [-0.39, 0.29) is 26.6 Å². The highest BCUT2D eigenvalue weighted by molar-refractivity contribution is 5.98. The van der Waals surface area contributed by atoms with Crippen LogP contribution < -0.4 is 23.8 Å².